The van der Waals surface area contributed by atoms with Crippen LogP contribution in [0.3, 0.4) is 0 Å². The van der Waals surface area contributed by atoms with Gasteiger partial charge in [0.05, 0.1) is 0 Å². The molecule has 0 saturated carbocycles. The number of rotatable bonds is 3. The predicted molar refractivity (Wildman–Crippen MR) is 54.8 cm³/mol. The van der Waals surface area contributed by atoms with Crippen LogP contribution < -0.4 is 15.2 Å². The molecule has 1 aromatic rings. The highest BCUT2D eigenvalue weighted by Gasteiger charge is 2.23. The summed E-state index contributed by atoms with van der Waals surface area (Å²) in [5.41, 5.74) is 5.40. The molecule has 0 saturated heterocycles. The highest BCUT2D eigenvalue weighted by atomic mass is 35.5. The van der Waals surface area contributed by atoms with Crippen molar-refractivity contribution in [2.45, 2.75) is 19.1 Å². The van der Waals surface area contributed by atoms with Crippen molar-refractivity contribution in [2.75, 3.05) is 6.54 Å². The lowest BCUT2D eigenvalue weighted by atomic mass is 10.3. The van der Waals surface area contributed by atoms with E-state index in [-0.39, 0.29) is 6.29 Å². The van der Waals surface area contributed by atoms with Crippen molar-refractivity contribution in [3.05, 3.63) is 23.2 Å². The van der Waals surface area contributed by atoms with E-state index >= 15 is 0 Å². The average molecular weight is 214 g/mol. The van der Waals surface area contributed by atoms with E-state index in [1.54, 1.807) is 12.1 Å². The molecular weight excluding hydrogens is 202 g/mol. The Labute approximate surface area is 87.8 Å². The molecule has 1 unspecified atom stereocenters. The number of fused-ring (bicyclic) bond motifs is 1. The highest BCUT2D eigenvalue weighted by molar-refractivity contribution is 6.30. The maximum atomic E-state index is 5.82. The third kappa shape index (κ3) is 1.94. The smallest absolute Gasteiger partial charge is 0.241 e. The number of ether oxygens (including phenoxy) is 2. The molecular formula is C10H12ClNO2. The second-order valence-electron chi connectivity index (χ2n) is 3.19. The second-order valence-corrected chi connectivity index (χ2v) is 3.62. The monoisotopic (exact) mass is 213 g/mol. The molecule has 76 valence electrons. The van der Waals surface area contributed by atoms with Crippen LogP contribution >= 0.6 is 11.6 Å². The fourth-order valence-corrected chi connectivity index (χ4v) is 1.54. The Hall–Kier alpha value is -0.930. The minimum atomic E-state index is -0.202. The van der Waals surface area contributed by atoms with Crippen LogP contribution in [0.4, 0.5) is 0 Å². The number of benzene rings is 1. The molecule has 3 nitrogen and oxygen atoms in total. The van der Waals surface area contributed by atoms with E-state index < -0.39 is 0 Å². The van der Waals surface area contributed by atoms with Gasteiger partial charge in [-0.3, -0.25) is 0 Å². The third-order valence-corrected chi connectivity index (χ3v) is 2.30. The zero-order valence-corrected chi connectivity index (χ0v) is 8.46. The fraction of sp³-hybridized carbons (Fsp3) is 0.400. The van der Waals surface area contributed by atoms with Crippen LogP contribution in [0, 0.1) is 0 Å². The summed E-state index contributed by atoms with van der Waals surface area (Å²) in [4.78, 5) is 0. The van der Waals surface area contributed by atoms with E-state index in [0.717, 1.165) is 24.3 Å². The molecule has 14 heavy (non-hydrogen) atoms. The van der Waals surface area contributed by atoms with Crippen LogP contribution in [0.25, 0.3) is 0 Å². The second kappa shape index (κ2) is 4.07. The molecule has 4 heteroatoms. The molecule has 2 N–H and O–H groups in total. The van der Waals surface area contributed by atoms with Crippen molar-refractivity contribution in [2.24, 2.45) is 5.73 Å². The van der Waals surface area contributed by atoms with Gasteiger partial charge in [-0.05, 0) is 25.1 Å². The van der Waals surface area contributed by atoms with Gasteiger partial charge in [0.25, 0.3) is 0 Å². The van der Waals surface area contributed by atoms with Crippen molar-refractivity contribution in [3.63, 3.8) is 0 Å². The van der Waals surface area contributed by atoms with Gasteiger partial charge in [0.1, 0.15) is 0 Å². The maximum Gasteiger partial charge on any atom is 0.241 e. The minimum Gasteiger partial charge on any atom is -0.451 e. The van der Waals surface area contributed by atoms with E-state index in [1.807, 2.05) is 6.07 Å². The molecule has 1 aliphatic rings. The average Bonchev–Trinajstić information content (AvgIpc) is 2.56. The zero-order valence-electron chi connectivity index (χ0n) is 7.70. The summed E-state index contributed by atoms with van der Waals surface area (Å²) in [6, 6.07) is 5.37. The van der Waals surface area contributed by atoms with Gasteiger partial charge in [0.15, 0.2) is 11.5 Å². The first kappa shape index (κ1) is 9.62. The van der Waals surface area contributed by atoms with E-state index in [0.29, 0.717) is 11.6 Å². The third-order valence-electron chi connectivity index (χ3n) is 2.07. The van der Waals surface area contributed by atoms with Gasteiger partial charge < -0.3 is 15.2 Å². The van der Waals surface area contributed by atoms with Crippen LogP contribution in [0.15, 0.2) is 18.2 Å². The molecule has 1 aliphatic heterocycles. The molecule has 0 bridgehead atoms. The van der Waals surface area contributed by atoms with Gasteiger partial charge in [0, 0.05) is 17.5 Å². The van der Waals surface area contributed by atoms with Crippen molar-refractivity contribution in [1.29, 1.82) is 0 Å². The van der Waals surface area contributed by atoms with E-state index in [2.05, 4.69) is 0 Å². The topological polar surface area (TPSA) is 44.5 Å². The van der Waals surface area contributed by atoms with Crippen LogP contribution in [0.5, 0.6) is 11.5 Å². The first-order chi connectivity index (χ1) is 6.79. The fourth-order valence-electron chi connectivity index (χ4n) is 1.38. The number of halogens is 1. The van der Waals surface area contributed by atoms with Crippen LogP contribution in [0.1, 0.15) is 12.8 Å². The first-order valence-corrected chi connectivity index (χ1v) is 5.00. The Morgan fingerprint density at radius 3 is 2.86 bits per heavy atom. The summed E-state index contributed by atoms with van der Waals surface area (Å²) in [5, 5.41) is 0.659. The predicted octanol–water partition coefficient (Wildman–Crippen LogP) is 2.18. The Kier molecular flexibility index (Phi) is 2.79. The first-order valence-electron chi connectivity index (χ1n) is 4.62. The highest BCUT2D eigenvalue weighted by Crippen LogP contribution is 2.37. The summed E-state index contributed by atoms with van der Waals surface area (Å²) in [6.45, 7) is 0.653. The summed E-state index contributed by atoms with van der Waals surface area (Å²) < 4.78 is 11.1. The molecule has 0 spiro atoms. The van der Waals surface area contributed by atoms with Crippen molar-refractivity contribution < 1.29 is 9.47 Å². The van der Waals surface area contributed by atoms with Crippen LogP contribution in [0.2, 0.25) is 5.02 Å². The van der Waals surface area contributed by atoms with E-state index in [9.17, 15) is 0 Å². The Bertz CT molecular complexity index is 330. The summed E-state index contributed by atoms with van der Waals surface area (Å²) >= 11 is 5.82. The van der Waals surface area contributed by atoms with Crippen LogP contribution in [-0.4, -0.2) is 12.8 Å². The normalized spacial score (nSPS) is 18.6. The lowest BCUT2D eigenvalue weighted by Gasteiger charge is -2.08. The lowest BCUT2D eigenvalue weighted by molar-refractivity contribution is 0.0407. The maximum absolute atomic E-state index is 5.82. The summed E-state index contributed by atoms with van der Waals surface area (Å²) in [7, 11) is 0. The minimum absolute atomic E-state index is 0.202. The van der Waals surface area contributed by atoms with E-state index in [4.69, 9.17) is 26.8 Å². The van der Waals surface area contributed by atoms with Crippen molar-refractivity contribution >= 4 is 11.6 Å². The number of hydrogen-bond donors (Lipinski definition) is 1. The van der Waals surface area contributed by atoms with Gasteiger partial charge in [-0.25, -0.2) is 0 Å². The zero-order chi connectivity index (χ0) is 9.97. The van der Waals surface area contributed by atoms with Gasteiger partial charge >= 0.3 is 0 Å². The number of nitrogens with two attached hydrogens (primary N) is 1. The molecule has 0 aromatic heterocycles. The van der Waals surface area contributed by atoms with Gasteiger partial charge in [0.2, 0.25) is 6.29 Å². The van der Waals surface area contributed by atoms with E-state index in [1.165, 1.54) is 0 Å². The Balaban J connectivity index is 2.03. The van der Waals surface area contributed by atoms with Gasteiger partial charge in [-0.2, -0.15) is 0 Å². The molecule has 0 fully saturated rings. The molecule has 0 aliphatic carbocycles. The molecule has 0 amide bonds. The van der Waals surface area contributed by atoms with Crippen molar-refractivity contribution in [1.82, 2.24) is 0 Å². The lowest BCUT2D eigenvalue weighted by Crippen LogP contribution is -2.19. The molecule has 1 heterocycles. The van der Waals surface area contributed by atoms with Crippen LogP contribution in [-0.2, 0) is 0 Å². The summed E-state index contributed by atoms with van der Waals surface area (Å²) in [5.74, 6) is 1.48. The number of hydrogen-bond acceptors (Lipinski definition) is 3. The SMILES string of the molecule is NCCCC1Oc2ccc(Cl)cc2O1. The standard InChI is InChI=1S/C10H12ClNO2/c11-7-3-4-8-9(6-7)14-10(13-8)2-1-5-12/h3-4,6,10H,1-2,5,12H2. The Morgan fingerprint density at radius 2 is 2.07 bits per heavy atom. The van der Waals surface area contributed by atoms with Gasteiger partial charge in [-0.15, -0.1) is 0 Å². The molecule has 0 radical (unpaired) electrons. The molecule has 2 rings (SSSR count). The molecule has 1 aromatic carbocycles. The van der Waals surface area contributed by atoms with Crippen molar-refractivity contribution in [3.8, 4) is 11.5 Å². The Morgan fingerprint density at radius 1 is 1.29 bits per heavy atom. The summed E-state index contributed by atoms with van der Waals surface area (Å²) in [6.07, 6.45) is 1.50. The molecule has 1 atom stereocenters. The van der Waals surface area contributed by atoms with Gasteiger partial charge in [-0.1, -0.05) is 11.6 Å². The quantitative estimate of drug-likeness (QED) is 0.837. The largest absolute Gasteiger partial charge is 0.451 e.